The molecule has 7 nitrogen and oxygen atoms in total. The van der Waals surface area contributed by atoms with Crippen molar-refractivity contribution in [1.29, 1.82) is 0 Å². The Labute approximate surface area is 128 Å². The van der Waals surface area contributed by atoms with Crippen molar-refractivity contribution in [3.8, 4) is 0 Å². The monoisotopic (exact) mass is 306 g/mol. The highest BCUT2D eigenvalue weighted by atomic mass is 16.6. The second kappa shape index (κ2) is 6.55. The van der Waals surface area contributed by atoms with E-state index >= 15 is 0 Å². The summed E-state index contributed by atoms with van der Waals surface area (Å²) in [6, 6.07) is 4.12. The smallest absolute Gasteiger partial charge is 0.339 e. The third-order valence-corrected chi connectivity index (χ3v) is 3.69. The zero-order valence-electron chi connectivity index (χ0n) is 12.6. The van der Waals surface area contributed by atoms with Gasteiger partial charge < -0.3 is 9.64 Å². The Morgan fingerprint density at radius 3 is 2.55 bits per heavy atom. The van der Waals surface area contributed by atoms with Crippen molar-refractivity contribution in [3.63, 3.8) is 0 Å². The lowest BCUT2D eigenvalue weighted by Crippen LogP contribution is -2.38. The van der Waals surface area contributed by atoms with Crippen LogP contribution in [0.15, 0.2) is 18.2 Å². The molecule has 0 spiro atoms. The molecular weight excluding hydrogens is 288 g/mol. The summed E-state index contributed by atoms with van der Waals surface area (Å²) < 4.78 is 5.13. The molecule has 0 aliphatic carbocycles. The SMILES string of the molecule is Cc1ccc(C(=O)O[C@@H](C)C(=O)N2CCCC2)cc1[N+](=O)[O-]. The van der Waals surface area contributed by atoms with Crippen LogP contribution in [0.1, 0.15) is 35.7 Å². The molecular formula is C15H18N2O5. The molecule has 2 rings (SSSR count). The normalized spacial score (nSPS) is 15.5. The number of hydrogen-bond donors (Lipinski definition) is 0. The summed E-state index contributed by atoms with van der Waals surface area (Å²) in [4.78, 5) is 36.1. The van der Waals surface area contributed by atoms with Gasteiger partial charge in [-0.3, -0.25) is 14.9 Å². The minimum Gasteiger partial charge on any atom is -0.449 e. The fourth-order valence-electron chi connectivity index (χ4n) is 2.41. The van der Waals surface area contributed by atoms with Crippen LogP contribution in [-0.4, -0.2) is 40.9 Å². The van der Waals surface area contributed by atoms with Gasteiger partial charge in [-0.05, 0) is 32.8 Å². The number of likely N-dealkylation sites (tertiary alicyclic amines) is 1. The van der Waals surface area contributed by atoms with E-state index in [0.29, 0.717) is 18.7 Å². The van der Waals surface area contributed by atoms with Crippen LogP contribution in [0.3, 0.4) is 0 Å². The summed E-state index contributed by atoms with van der Waals surface area (Å²) in [7, 11) is 0. The molecule has 0 radical (unpaired) electrons. The molecule has 0 unspecified atom stereocenters. The second-order valence-corrected chi connectivity index (χ2v) is 5.34. The zero-order valence-corrected chi connectivity index (χ0v) is 12.6. The van der Waals surface area contributed by atoms with Crippen molar-refractivity contribution in [2.45, 2.75) is 32.8 Å². The lowest BCUT2D eigenvalue weighted by Gasteiger charge is -2.20. The third-order valence-electron chi connectivity index (χ3n) is 3.69. The minimum atomic E-state index is -0.897. The van der Waals surface area contributed by atoms with Crippen LogP contribution in [0.4, 0.5) is 5.69 Å². The average Bonchev–Trinajstić information content (AvgIpc) is 3.00. The molecule has 0 saturated carbocycles. The Morgan fingerprint density at radius 1 is 1.32 bits per heavy atom. The number of nitro benzene ring substituents is 1. The second-order valence-electron chi connectivity index (χ2n) is 5.34. The number of hydrogen-bond acceptors (Lipinski definition) is 5. The first-order valence-electron chi connectivity index (χ1n) is 7.15. The summed E-state index contributed by atoms with van der Waals surface area (Å²) in [5.74, 6) is -0.962. The van der Waals surface area contributed by atoms with Crippen LogP contribution in [0.2, 0.25) is 0 Å². The fraction of sp³-hybridized carbons (Fsp3) is 0.467. The van der Waals surface area contributed by atoms with Gasteiger partial charge in [-0.15, -0.1) is 0 Å². The number of nitrogens with zero attached hydrogens (tertiary/aromatic N) is 2. The molecule has 1 aromatic carbocycles. The van der Waals surface area contributed by atoms with Crippen LogP contribution >= 0.6 is 0 Å². The van der Waals surface area contributed by atoms with E-state index in [-0.39, 0.29) is 17.2 Å². The van der Waals surface area contributed by atoms with Gasteiger partial charge in [0.15, 0.2) is 6.10 Å². The predicted octanol–water partition coefficient (Wildman–Crippen LogP) is 2.07. The molecule has 1 saturated heterocycles. The molecule has 22 heavy (non-hydrogen) atoms. The predicted molar refractivity (Wildman–Crippen MR) is 78.5 cm³/mol. The van der Waals surface area contributed by atoms with Gasteiger partial charge in [-0.1, -0.05) is 6.07 Å². The third kappa shape index (κ3) is 3.41. The molecule has 1 fully saturated rings. The highest BCUT2D eigenvalue weighted by Gasteiger charge is 2.26. The molecule has 1 aliphatic heterocycles. The molecule has 1 aromatic rings. The Kier molecular flexibility index (Phi) is 4.75. The van der Waals surface area contributed by atoms with Gasteiger partial charge in [0.25, 0.3) is 11.6 Å². The van der Waals surface area contributed by atoms with Crippen LogP contribution < -0.4 is 0 Å². The standard InChI is InChI=1S/C15H18N2O5/c1-10-5-6-12(9-13(10)17(20)21)15(19)22-11(2)14(18)16-7-3-4-8-16/h5-6,9,11H,3-4,7-8H2,1-2H3/t11-/m0/s1. The molecule has 7 heteroatoms. The van der Waals surface area contributed by atoms with Crippen LogP contribution in [0.25, 0.3) is 0 Å². The molecule has 1 aliphatic rings. The highest BCUT2D eigenvalue weighted by Crippen LogP contribution is 2.20. The van der Waals surface area contributed by atoms with E-state index in [1.807, 2.05) is 0 Å². The van der Waals surface area contributed by atoms with Crippen molar-refractivity contribution in [2.24, 2.45) is 0 Å². The lowest BCUT2D eigenvalue weighted by atomic mass is 10.1. The maximum atomic E-state index is 12.1. The fourth-order valence-corrected chi connectivity index (χ4v) is 2.41. The van der Waals surface area contributed by atoms with Crippen molar-refractivity contribution >= 4 is 17.6 Å². The lowest BCUT2D eigenvalue weighted by molar-refractivity contribution is -0.385. The molecule has 1 heterocycles. The van der Waals surface area contributed by atoms with Gasteiger partial charge in [0.05, 0.1) is 10.5 Å². The highest BCUT2D eigenvalue weighted by molar-refractivity contribution is 5.93. The number of amides is 1. The van der Waals surface area contributed by atoms with E-state index < -0.39 is 17.0 Å². The van der Waals surface area contributed by atoms with Crippen molar-refractivity contribution < 1.29 is 19.2 Å². The van der Waals surface area contributed by atoms with Crippen molar-refractivity contribution in [1.82, 2.24) is 4.90 Å². The van der Waals surface area contributed by atoms with E-state index in [4.69, 9.17) is 4.74 Å². The number of aryl methyl sites for hydroxylation is 1. The van der Waals surface area contributed by atoms with Crippen LogP contribution in [-0.2, 0) is 9.53 Å². The Balaban J connectivity index is 2.07. The first kappa shape index (κ1) is 15.9. The molecule has 1 atom stereocenters. The van der Waals surface area contributed by atoms with Crippen LogP contribution in [0.5, 0.6) is 0 Å². The Hall–Kier alpha value is -2.44. The molecule has 1 amide bonds. The summed E-state index contributed by atoms with van der Waals surface area (Å²) >= 11 is 0. The van der Waals surface area contributed by atoms with Crippen molar-refractivity contribution in [2.75, 3.05) is 13.1 Å². The van der Waals surface area contributed by atoms with Gasteiger partial charge in [-0.2, -0.15) is 0 Å². The zero-order chi connectivity index (χ0) is 16.3. The number of carbonyl (C=O) groups is 2. The first-order valence-corrected chi connectivity index (χ1v) is 7.15. The van der Waals surface area contributed by atoms with E-state index in [1.54, 1.807) is 11.8 Å². The van der Waals surface area contributed by atoms with Gasteiger partial charge in [0.2, 0.25) is 0 Å². The van der Waals surface area contributed by atoms with Crippen molar-refractivity contribution in [3.05, 3.63) is 39.4 Å². The maximum absolute atomic E-state index is 12.1. The van der Waals surface area contributed by atoms with E-state index in [0.717, 1.165) is 12.8 Å². The quantitative estimate of drug-likeness (QED) is 0.482. The Morgan fingerprint density at radius 2 is 1.95 bits per heavy atom. The van der Waals surface area contributed by atoms with Gasteiger partial charge in [0.1, 0.15) is 0 Å². The number of nitro groups is 1. The molecule has 0 aromatic heterocycles. The number of ether oxygens (including phenoxy) is 1. The topological polar surface area (TPSA) is 89.8 Å². The van der Waals surface area contributed by atoms with Gasteiger partial charge >= 0.3 is 5.97 Å². The number of benzene rings is 1. The van der Waals surface area contributed by atoms with E-state index in [1.165, 1.54) is 25.1 Å². The molecule has 0 N–H and O–H groups in total. The average molecular weight is 306 g/mol. The summed E-state index contributed by atoms with van der Waals surface area (Å²) in [6.45, 7) is 4.46. The largest absolute Gasteiger partial charge is 0.449 e. The summed E-state index contributed by atoms with van der Waals surface area (Å²) in [5.41, 5.74) is 0.383. The summed E-state index contributed by atoms with van der Waals surface area (Å²) in [5, 5.41) is 10.9. The Bertz CT molecular complexity index is 608. The number of carbonyl (C=O) groups excluding carboxylic acids is 2. The maximum Gasteiger partial charge on any atom is 0.339 e. The van der Waals surface area contributed by atoms with E-state index in [9.17, 15) is 19.7 Å². The van der Waals surface area contributed by atoms with Gasteiger partial charge in [0, 0.05) is 24.7 Å². The van der Waals surface area contributed by atoms with Gasteiger partial charge in [-0.25, -0.2) is 4.79 Å². The van der Waals surface area contributed by atoms with Crippen LogP contribution in [0, 0.1) is 17.0 Å². The van der Waals surface area contributed by atoms with E-state index in [2.05, 4.69) is 0 Å². The summed E-state index contributed by atoms with van der Waals surface area (Å²) in [6.07, 6.45) is 1.01. The minimum absolute atomic E-state index is 0.0679. The molecule has 0 bridgehead atoms. The molecule has 118 valence electrons. The number of esters is 1. The first-order chi connectivity index (χ1) is 10.4. The number of rotatable bonds is 4.